The molecule has 0 saturated carbocycles. The van der Waals surface area contributed by atoms with Crippen molar-refractivity contribution in [3.05, 3.63) is 50.4 Å². The van der Waals surface area contributed by atoms with Crippen LogP contribution >= 0.6 is 22.9 Å². The van der Waals surface area contributed by atoms with Gasteiger partial charge in [0.15, 0.2) is 5.69 Å². The van der Waals surface area contributed by atoms with E-state index in [1.54, 1.807) is 19.1 Å². The zero-order valence-electron chi connectivity index (χ0n) is 11.1. The zero-order chi connectivity index (χ0) is 15.4. The van der Waals surface area contributed by atoms with E-state index in [4.69, 9.17) is 21.4 Å². The minimum atomic E-state index is -1.18. The number of carboxylic acids is 1. The molecular weight excluding hydrogens is 314 g/mol. The summed E-state index contributed by atoms with van der Waals surface area (Å²) >= 11 is 6.73. The van der Waals surface area contributed by atoms with Crippen molar-refractivity contribution in [1.29, 1.82) is 0 Å². The van der Waals surface area contributed by atoms with Gasteiger partial charge in [0.05, 0.1) is 11.6 Å². The average Bonchev–Trinajstić information content (AvgIpc) is 2.83. The standard InChI is InChI=1S/C14H12ClNO4S/c1-8-16-11(12(21-8)13(17)18)14(19)20-7-6-9-2-4-10(15)5-3-9/h2-5H,6-7H2,1H3,(H,17,18). The molecule has 2 rings (SSSR count). The number of hydrogen-bond acceptors (Lipinski definition) is 5. The van der Waals surface area contributed by atoms with Gasteiger partial charge >= 0.3 is 11.9 Å². The summed E-state index contributed by atoms with van der Waals surface area (Å²) in [4.78, 5) is 26.7. The van der Waals surface area contributed by atoms with E-state index in [0.29, 0.717) is 16.5 Å². The average molecular weight is 326 g/mol. The Bertz CT molecular complexity index is 666. The summed E-state index contributed by atoms with van der Waals surface area (Å²) in [5.41, 5.74) is 0.834. The Kier molecular flexibility index (Phi) is 4.93. The monoisotopic (exact) mass is 325 g/mol. The van der Waals surface area contributed by atoms with Crippen LogP contribution in [0.4, 0.5) is 0 Å². The van der Waals surface area contributed by atoms with Gasteiger partial charge < -0.3 is 9.84 Å². The first kappa shape index (κ1) is 15.5. The van der Waals surface area contributed by atoms with Crippen LogP contribution in [-0.4, -0.2) is 28.6 Å². The lowest BCUT2D eigenvalue weighted by Gasteiger charge is -2.04. The van der Waals surface area contributed by atoms with Gasteiger partial charge in [-0.25, -0.2) is 14.6 Å². The number of benzene rings is 1. The topological polar surface area (TPSA) is 76.5 Å². The molecule has 0 aliphatic heterocycles. The fourth-order valence-electron chi connectivity index (χ4n) is 1.69. The third-order valence-corrected chi connectivity index (χ3v) is 3.87. The van der Waals surface area contributed by atoms with Crippen molar-refractivity contribution in [2.75, 3.05) is 6.61 Å². The van der Waals surface area contributed by atoms with E-state index in [9.17, 15) is 9.59 Å². The van der Waals surface area contributed by atoms with Crippen molar-refractivity contribution >= 4 is 34.9 Å². The molecule has 0 aliphatic rings. The third kappa shape index (κ3) is 4.03. The number of ether oxygens (including phenoxy) is 1. The van der Waals surface area contributed by atoms with Crippen LogP contribution < -0.4 is 0 Å². The molecule has 1 heterocycles. The zero-order valence-corrected chi connectivity index (χ0v) is 12.7. The Morgan fingerprint density at radius 3 is 2.62 bits per heavy atom. The Hall–Kier alpha value is -1.92. The first-order valence-corrected chi connectivity index (χ1v) is 7.29. The quantitative estimate of drug-likeness (QED) is 0.854. The summed E-state index contributed by atoms with van der Waals surface area (Å²) < 4.78 is 5.08. The number of rotatable bonds is 5. The molecule has 2 aromatic rings. The number of aromatic carboxylic acids is 1. The minimum absolute atomic E-state index is 0.0935. The lowest BCUT2D eigenvalue weighted by molar-refractivity contribution is 0.0493. The van der Waals surface area contributed by atoms with Gasteiger partial charge in [0, 0.05) is 11.4 Å². The van der Waals surface area contributed by atoms with Crippen LogP contribution in [-0.2, 0) is 11.2 Å². The number of thiazole rings is 1. The van der Waals surface area contributed by atoms with Crippen LogP contribution in [0.15, 0.2) is 24.3 Å². The maximum Gasteiger partial charge on any atom is 0.358 e. The number of aryl methyl sites for hydroxylation is 1. The largest absolute Gasteiger partial charge is 0.477 e. The molecule has 1 N–H and O–H groups in total. The van der Waals surface area contributed by atoms with Crippen molar-refractivity contribution in [3.63, 3.8) is 0 Å². The number of aromatic nitrogens is 1. The van der Waals surface area contributed by atoms with Gasteiger partial charge in [-0.15, -0.1) is 11.3 Å². The first-order valence-electron chi connectivity index (χ1n) is 6.09. The molecule has 5 nitrogen and oxygen atoms in total. The van der Waals surface area contributed by atoms with Crippen LogP contribution in [0.3, 0.4) is 0 Å². The van der Waals surface area contributed by atoms with E-state index in [2.05, 4.69) is 4.98 Å². The number of halogens is 1. The van der Waals surface area contributed by atoms with Gasteiger partial charge in [0.2, 0.25) is 0 Å². The third-order valence-electron chi connectivity index (χ3n) is 2.66. The van der Waals surface area contributed by atoms with Crippen molar-refractivity contribution < 1.29 is 19.4 Å². The van der Waals surface area contributed by atoms with Gasteiger partial charge in [-0.05, 0) is 24.6 Å². The van der Waals surface area contributed by atoms with E-state index in [1.165, 1.54) is 0 Å². The summed E-state index contributed by atoms with van der Waals surface area (Å²) in [5, 5.41) is 10.2. The minimum Gasteiger partial charge on any atom is -0.477 e. The second-order valence-electron chi connectivity index (χ2n) is 4.23. The molecule has 7 heteroatoms. The highest BCUT2D eigenvalue weighted by Gasteiger charge is 2.22. The highest BCUT2D eigenvalue weighted by Crippen LogP contribution is 2.19. The molecule has 0 fully saturated rings. The number of nitrogens with zero attached hydrogens (tertiary/aromatic N) is 1. The number of carbonyl (C=O) groups is 2. The predicted molar refractivity (Wildman–Crippen MR) is 79.2 cm³/mol. The maximum absolute atomic E-state index is 11.9. The molecule has 110 valence electrons. The van der Waals surface area contributed by atoms with Crippen molar-refractivity contribution in [2.45, 2.75) is 13.3 Å². The predicted octanol–water partition coefficient (Wildman–Crippen LogP) is 3.20. The molecular formula is C14H12ClNO4S. The SMILES string of the molecule is Cc1nc(C(=O)OCCc2ccc(Cl)cc2)c(C(=O)O)s1. The van der Waals surface area contributed by atoms with Crippen LogP contribution in [0.25, 0.3) is 0 Å². The highest BCUT2D eigenvalue weighted by molar-refractivity contribution is 7.13. The van der Waals surface area contributed by atoms with E-state index in [0.717, 1.165) is 16.9 Å². The Morgan fingerprint density at radius 1 is 1.33 bits per heavy atom. The van der Waals surface area contributed by atoms with E-state index in [-0.39, 0.29) is 17.2 Å². The lowest BCUT2D eigenvalue weighted by atomic mass is 10.2. The first-order chi connectivity index (χ1) is 9.97. The smallest absolute Gasteiger partial charge is 0.358 e. The number of carbonyl (C=O) groups excluding carboxylic acids is 1. The van der Waals surface area contributed by atoms with Crippen LogP contribution in [0.5, 0.6) is 0 Å². The molecule has 0 unspecified atom stereocenters. The molecule has 0 aliphatic carbocycles. The summed E-state index contributed by atoms with van der Waals surface area (Å²) in [6.07, 6.45) is 0.522. The van der Waals surface area contributed by atoms with Crippen molar-refractivity contribution in [2.24, 2.45) is 0 Å². The molecule has 0 radical (unpaired) electrons. The summed E-state index contributed by atoms with van der Waals surface area (Å²) in [5.74, 6) is -1.89. The molecule has 0 saturated heterocycles. The lowest BCUT2D eigenvalue weighted by Crippen LogP contribution is -2.12. The second kappa shape index (κ2) is 6.69. The van der Waals surface area contributed by atoms with Gasteiger partial charge in [-0.2, -0.15) is 0 Å². The molecule has 0 bridgehead atoms. The van der Waals surface area contributed by atoms with Gasteiger partial charge in [0.25, 0.3) is 0 Å². The van der Waals surface area contributed by atoms with E-state index in [1.807, 2.05) is 12.1 Å². The van der Waals surface area contributed by atoms with Gasteiger partial charge in [-0.3, -0.25) is 0 Å². The maximum atomic E-state index is 11.9. The molecule has 0 atom stereocenters. The Labute approximate surface area is 130 Å². The van der Waals surface area contributed by atoms with Gasteiger partial charge in [0.1, 0.15) is 4.88 Å². The highest BCUT2D eigenvalue weighted by atomic mass is 35.5. The van der Waals surface area contributed by atoms with Crippen molar-refractivity contribution in [3.8, 4) is 0 Å². The van der Waals surface area contributed by atoms with Crippen molar-refractivity contribution in [1.82, 2.24) is 4.98 Å². The fourth-order valence-corrected chi connectivity index (χ4v) is 2.56. The Morgan fingerprint density at radius 2 is 2.00 bits per heavy atom. The number of hydrogen-bond donors (Lipinski definition) is 1. The number of esters is 1. The summed E-state index contributed by atoms with van der Waals surface area (Å²) in [7, 11) is 0. The van der Waals surface area contributed by atoms with Crippen LogP contribution in [0.2, 0.25) is 5.02 Å². The molecule has 21 heavy (non-hydrogen) atoms. The van der Waals surface area contributed by atoms with Gasteiger partial charge in [-0.1, -0.05) is 23.7 Å². The molecule has 0 amide bonds. The normalized spacial score (nSPS) is 10.4. The molecule has 1 aromatic heterocycles. The number of carboxylic acid groups (broad SMARTS) is 1. The van der Waals surface area contributed by atoms with Crippen LogP contribution in [0.1, 0.15) is 30.7 Å². The second-order valence-corrected chi connectivity index (χ2v) is 5.87. The Balaban J connectivity index is 1.96. The van der Waals surface area contributed by atoms with Crippen LogP contribution in [0, 0.1) is 6.92 Å². The summed E-state index contributed by atoms with van der Waals surface area (Å²) in [6.45, 7) is 1.79. The fraction of sp³-hybridized carbons (Fsp3) is 0.214. The molecule has 1 aromatic carbocycles. The van der Waals surface area contributed by atoms with E-state index < -0.39 is 11.9 Å². The van der Waals surface area contributed by atoms with E-state index >= 15 is 0 Å². The summed E-state index contributed by atoms with van der Waals surface area (Å²) in [6, 6.07) is 7.19. The molecule has 0 spiro atoms.